The number of hydrogen-bond donors (Lipinski definition) is 0. The SMILES string of the molecule is O=C([O-])C1=C(C(=O)[O-])C2CCC1C2.[Na+].[Na+]. The van der Waals surface area contributed by atoms with E-state index in [1.54, 1.807) is 0 Å². The standard InChI is InChI=1S/C9H10O4.2Na/c10-8(11)6-4-1-2-5(3-4)7(6)9(12)13;;/h4-5H,1-3H2,(H,10,11)(H,12,13);;/q;2*+1/p-2. The molecule has 0 amide bonds. The van der Waals surface area contributed by atoms with Crippen molar-refractivity contribution in [1.82, 2.24) is 0 Å². The second-order valence-electron chi connectivity index (χ2n) is 3.61. The van der Waals surface area contributed by atoms with E-state index in [0.717, 1.165) is 12.8 Å². The fraction of sp³-hybridized carbons (Fsp3) is 0.556. The van der Waals surface area contributed by atoms with Gasteiger partial charge in [-0.2, -0.15) is 0 Å². The van der Waals surface area contributed by atoms with E-state index in [0.29, 0.717) is 6.42 Å². The Labute approximate surface area is 132 Å². The van der Waals surface area contributed by atoms with Gasteiger partial charge in [0.1, 0.15) is 0 Å². The molecule has 0 heterocycles. The summed E-state index contributed by atoms with van der Waals surface area (Å²) in [4.78, 5) is 21.3. The summed E-state index contributed by atoms with van der Waals surface area (Å²) in [6.45, 7) is 0. The number of hydrogen-bond acceptors (Lipinski definition) is 4. The minimum Gasteiger partial charge on any atom is -0.545 e. The summed E-state index contributed by atoms with van der Waals surface area (Å²) in [5.74, 6) is -2.90. The fourth-order valence-electron chi connectivity index (χ4n) is 2.50. The Bertz CT molecular complexity index is 294. The van der Waals surface area contributed by atoms with E-state index in [4.69, 9.17) is 0 Å². The van der Waals surface area contributed by atoms with Crippen molar-refractivity contribution in [3.63, 3.8) is 0 Å². The van der Waals surface area contributed by atoms with Gasteiger partial charge in [0.05, 0.1) is 11.9 Å². The van der Waals surface area contributed by atoms with E-state index < -0.39 is 11.9 Å². The van der Waals surface area contributed by atoms with E-state index in [2.05, 4.69) is 0 Å². The molecule has 1 fully saturated rings. The zero-order chi connectivity index (χ0) is 9.59. The Balaban J connectivity index is 0.000000980. The van der Waals surface area contributed by atoms with E-state index in [1.807, 2.05) is 0 Å². The number of carbonyl (C=O) groups is 2. The maximum Gasteiger partial charge on any atom is 1.00 e. The number of aliphatic carboxylic acids is 2. The molecule has 1 saturated carbocycles. The smallest absolute Gasteiger partial charge is 0.545 e. The third-order valence-corrected chi connectivity index (χ3v) is 2.98. The van der Waals surface area contributed by atoms with E-state index in [1.165, 1.54) is 0 Å². The zero-order valence-electron chi connectivity index (χ0n) is 8.91. The van der Waals surface area contributed by atoms with Crippen LogP contribution in [0.3, 0.4) is 0 Å². The van der Waals surface area contributed by atoms with Crippen molar-refractivity contribution in [1.29, 1.82) is 0 Å². The van der Waals surface area contributed by atoms with Gasteiger partial charge in [-0.05, 0) is 42.2 Å². The van der Waals surface area contributed by atoms with Gasteiger partial charge in [0, 0.05) is 0 Å². The molecule has 0 aliphatic heterocycles. The predicted octanol–water partition coefficient (Wildman–Crippen LogP) is -7.78. The number of carboxylic acids is 2. The number of carbonyl (C=O) groups excluding carboxylic acids is 2. The molecule has 4 nitrogen and oxygen atoms in total. The molecule has 2 aliphatic rings. The van der Waals surface area contributed by atoms with Crippen LogP contribution < -0.4 is 69.3 Å². The van der Waals surface area contributed by atoms with Crippen LogP contribution in [0.1, 0.15) is 19.3 Å². The average molecular weight is 226 g/mol. The van der Waals surface area contributed by atoms with E-state index >= 15 is 0 Å². The second-order valence-corrected chi connectivity index (χ2v) is 3.61. The van der Waals surface area contributed by atoms with Crippen LogP contribution in [-0.4, -0.2) is 11.9 Å². The van der Waals surface area contributed by atoms with Crippen LogP contribution in [0.4, 0.5) is 0 Å². The summed E-state index contributed by atoms with van der Waals surface area (Å²) >= 11 is 0. The average Bonchev–Trinajstić information content (AvgIpc) is 2.60. The summed E-state index contributed by atoms with van der Waals surface area (Å²) in [7, 11) is 0. The van der Waals surface area contributed by atoms with Crippen LogP contribution in [0.25, 0.3) is 0 Å². The minimum absolute atomic E-state index is 0. The van der Waals surface area contributed by atoms with Crippen LogP contribution in [0, 0.1) is 11.8 Å². The van der Waals surface area contributed by atoms with Crippen molar-refractivity contribution >= 4 is 11.9 Å². The van der Waals surface area contributed by atoms with Gasteiger partial charge < -0.3 is 19.8 Å². The van der Waals surface area contributed by atoms with Crippen molar-refractivity contribution in [2.75, 3.05) is 0 Å². The van der Waals surface area contributed by atoms with Gasteiger partial charge >= 0.3 is 59.1 Å². The first kappa shape index (κ1) is 15.7. The molecule has 0 saturated heterocycles. The topological polar surface area (TPSA) is 80.3 Å². The predicted molar refractivity (Wildman–Crippen MR) is 37.9 cm³/mol. The summed E-state index contributed by atoms with van der Waals surface area (Å²) in [6, 6.07) is 0. The Kier molecular flexibility index (Phi) is 6.11. The van der Waals surface area contributed by atoms with Gasteiger partial charge in [0.2, 0.25) is 0 Å². The molecule has 70 valence electrons. The second kappa shape index (κ2) is 5.84. The first-order chi connectivity index (χ1) is 6.11. The van der Waals surface area contributed by atoms with Crippen LogP contribution >= 0.6 is 0 Å². The Morgan fingerprint density at radius 2 is 1.27 bits per heavy atom. The molecule has 6 heteroatoms. The maximum absolute atomic E-state index is 10.6. The van der Waals surface area contributed by atoms with E-state index in [9.17, 15) is 19.8 Å². The Morgan fingerprint density at radius 1 is 0.933 bits per heavy atom. The molecule has 2 unspecified atom stereocenters. The van der Waals surface area contributed by atoms with Gasteiger partial charge in [0.15, 0.2) is 0 Å². The quantitative estimate of drug-likeness (QED) is 0.438. The molecule has 0 aromatic rings. The monoisotopic (exact) mass is 226 g/mol. The zero-order valence-corrected chi connectivity index (χ0v) is 12.9. The summed E-state index contributed by atoms with van der Waals surface area (Å²) in [6.07, 6.45) is 2.18. The molecular formula is C9H8Na2O4. The van der Waals surface area contributed by atoms with Crippen molar-refractivity contribution in [2.24, 2.45) is 11.8 Å². The van der Waals surface area contributed by atoms with Crippen LogP contribution in [0.5, 0.6) is 0 Å². The van der Waals surface area contributed by atoms with E-state index in [-0.39, 0.29) is 82.1 Å². The molecule has 15 heavy (non-hydrogen) atoms. The maximum atomic E-state index is 10.6. The fourth-order valence-corrected chi connectivity index (χ4v) is 2.50. The normalized spacial score (nSPS) is 26.9. The Morgan fingerprint density at radius 3 is 1.53 bits per heavy atom. The number of rotatable bonds is 2. The van der Waals surface area contributed by atoms with Crippen LogP contribution in [0.2, 0.25) is 0 Å². The molecule has 0 radical (unpaired) electrons. The molecular weight excluding hydrogens is 218 g/mol. The van der Waals surface area contributed by atoms with Crippen molar-refractivity contribution in [3.8, 4) is 0 Å². The van der Waals surface area contributed by atoms with Gasteiger partial charge in [-0.15, -0.1) is 0 Å². The van der Waals surface area contributed by atoms with Crippen molar-refractivity contribution in [3.05, 3.63) is 11.1 Å². The van der Waals surface area contributed by atoms with Crippen LogP contribution in [-0.2, 0) is 9.59 Å². The molecule has 0 aromatic carbocycles. The van der Waals surface area contributed by atoms with Gasteiger partial charge in [0.25, 0.3) is 0 Å². The molecule has 2 rings (SSSR count). The third-order valence-electron chi connectivity index (χ3n) is 2.98. The van der Waals surface area contributed by atoms with Gasteiger partial charge in [-0.3, -0.25) is 0 Å². The molecule has 2 atom stereocenters. The Hall–Kier alpha value is 0.680. The van der Waals surface area contributed by atoms with Gasteiger partial charge in [-0.1, -0.05) is 0 Å². The van der Waals surface area contributed by atoms with Crippen molar-refractivity contribution in [2.45, 2.75) is 19.3 Å². The molecule has 0 spiro atoms. The summed E-state index contributed by atoms with van der Waals surface area (Å²) in [5, 5.41) is 21.3. The first-order valence-corrected chi connectivity index (χ1v) is 4.28. The minimum atomic E-state index is -1.34. The molecule has 0 aromatic heterocycles. The first-order valence-electron chi connectivity index (χ1n) is 4.28. The third kappa shape index (κ3) is 2.68. The molecule has 2 aliphatic carbocycles. The van der Waals surface area contributed by atoms with Gasteiger partial charge in [-0.25, -0.2) is 0 Å². The molecule has 0 N–H and O–H groups in total. The largest absolute Gasteiger partial charge is 1.00 e. The number of carboxylic acid groups (broad SMARTS) is 2. The van der Waals surface area contributed by atoms with Crippen molar-refractivity contribution < 1.29 is 78.9 Å². The summed E-state index contributed by atoms with van der Waals surface area (Å²) in [5.41, 5.74) is -0.0347. The molecule has 2 bridgehead atoms. The van der Waals surface area contributed by atoms with Crippen LogP contribution in [0.15, 0.2) is 11.1 Å². The number of fused-ring (bicyclic) bond motifs is 2. The summed E-state index contributed by atoms with van der Waals surface area (Å²) < 4.78 is 0.